The summed E-state index contributed by atoms with van der Waals surface area (Å²) in [5.74, 6) is 0. The predicted octanol–water partition coefficient (Wildman–Crippen LogP) is 0.926. The molecule has 2 aliphatic heterocycles. The van der Waals surface area contributed by atoms with Crippen LogP contribution >= 0.6 is 0 Å². The molecule has 2 heterocycles. The van der Waals surface area contributed by atoms with E-state index in [2.05, 4.69) is 13.2 Å². The van der Waals surface area contributed by atoms with Gasteiger partial charge in [0.2, 0.25) is 0 Å². The minimum Gasteiger partial charge on any atom is -0.370 e. The van der Waals surface area contributed by atoms with Gasteiger partial charge in [-0.3, -0.25) is 0 Å². The van der Waals surface area contributed by atoms with Crippen LogP contribution in [0.3, 0.4) is 0 Å². The molecule has 0 aromatic carbocycles. The molecule has 0 saturated carbocycles. The summed E-state index contributed by atoms with van der Waals surface area (Å²) in [5, 5.41) is 0. The highest BCUT2D eigenvalue weighted by Gasteiger charge is 2.48. The minimum absolute atomic E-state index is 0.000307. The van der Waals surface area contributed by atoms with E-state index in [9.17, 15) is 0 Å². The third kappa shape index (κ3) is 2.35. The molecule has 4 atom stereocenters. The average Bonchev–Trinajstić information content (AvgIpc) is 2.86. The first-order chi connectivity index (χ1) is 7.86. The Labute approximate surface area is 95.8 Å². The highest BCUT2D eigenvalue weighted by atomic mass is 16.6. The largest absolute Gasteiger partial charge is 0.370 e. The van der Waals surface area contributed by atoms with Crippen LogP contribution in [-0.4, -0.2) is 50.8 Å². The van der Waals surface area contributed by atoms with Crippen LogP contribution in [0.5, 0.6) is 0 Å². The number of rotatable bonds is 6. The second-order valence-corrected chi connectivity index (χ2v) is 3.92. The van der Waals surface area contributed by atoms with E-state index in [-0.39, 0.29) is 24.4 Å². The van der Waals surface area contributed by atoms with Gasteiger partial charge in [0, 0.05) is 0 Å². The van der Waals surface area contributed by atoms with Crippen LogP contribution in [0.4, 0.5) is 0 Å². The molecule has 0 spiro atoms. The summed E-state index contributed by atoms with van der Waals surface area (Å²) >= 11 is 0. The fraction of sp³-hybridized carbons (Fsp3) is 0.667. The number of hydrogen-bond acceptors (Lipinski definition) is 4. The van der Waals surface area contributed by atoms with Crippen molar-refractivity contribution < 1.29 is 18.9 Å². The first-order valence-electron chi connectivity index (χ1n) is 5.55. The van der Waals surface area contributed by atoms with Crippen LogP contribution in [0.25, 0.3) is 0 Å². The van der Waals surface area contributed by atoms with Crippen molar-refractivity contribution in [3.8, 4) is 0 Å². The van der Waals surface area contributed by atoms with Gasteiger partial charge in [0.05, 0.1) is 26.4 Å². The van der Waals surface area contributed by atoms with E-state index in [0.29, 0.717) is 26.4 Å². The minimum atomic E-state index is -0.00485. The summed E-state index contributed by atoms with van der Waals surface area (Å²) in [6.45, 7) is 9.43. The summed E-state index contributed by atoms with van der Waals surface area (Å²) in [6, 6.07) is 0. The molecule has 2 fully saturated rings. The van der Waals surface area contributed by atoms with Crippen molar-refractivity contribution in [1.29, 1.82) is 0 Å². The number of hydrogen-bond donors (Lipinski definition) is 0. The maximum absolute atomic E-state index is 5.65. The molecule has 2 saturated heterocycles. The average molecular weight is 226 g/mol. The molecule has 0 radical (unpaired) electrons. The Morgan fingerprint density at radius 3 is 1.75 bits per heavy atom. The normalized spacial score (nSPS) is 37.2. The van der Waals surface area contributed by atoms with Gasteiger partial charge in [0.25, 0.3) is 0 Å². The maximum atomic E-state index is 5.65. The molecular weight excluding hydrogens is 208 g/mol. The Hall–Kier alpha value is -0.680. The standard InChI is InChI=1S/C12H18O4/c1-3-5-13-9-7-15-12-10(14-6-4-2)8-16-11(9)12/h3-4,9-12H,1-2,5-8H2/t9-,10-,11-,12+/m0/s1. The predicted molar refractivity (Wildman–Crippen MR) is 59.4 cm³/mol. The highest BCUT2D eigenvalue weighted by molar-refractivity contribution is 4.96. The van der Waals surface area contributed by atoms with Crippen LogP contribution in [0.2, 0.25) is 0 Å². The van der Waals surface area contributed by atoms with Crippen molar-refractivity contribution in [2.75, 3.05) is 26.4 Å². The third-order valence-corrected chi connectivity index (χ3v) is 2.82. The van der Waals surface area contributed by atoms with Crippen molar-refractivity contribution in [3.63, 3.8) is 0 Å². The molecule has 0 aromatic heterocycles. The van der Waals surface area contributed by atoms with Gasteiger partial charge in [-0.15, -0.1) is 13.2 Å². The molecule has 4 heteroatoms. The second-order valence-electron chi connectivity index (χ2n) is 3.92. The Morgan fingerprint density at radius 1 is 0.938 bits per heavy atom. The van der Waals surface area contributed by atoms with Crippen molar-refractivity contribution in [2.24, 2.45) is 0 Å². The zero-order valence-electron chi connectivity index (χ0n) is 9.34. The Balaban J connectivity index is 1.85. The smallest absolute Gasteiger partial charge is 0.115 e. The van der Waals surface area contributed by atoms with E-state index in [1.807, 2.05) is 0 Å². The topological polar surface area (TPSA) is 36.9 Å². The Morgan fingerprint density at radius 2 is 1.38 bits per heavy atom. The number of fused-ring (bicyclic) bond motifs is 1. The molecule has 0 bridgehead atoms. The molecule has 2 rings (SSSR count). The molecule has 0 unspecified atom stereocenters. The maximum Gasteiger partial charge on any atom is 0.115 e. The van der Waals surface area contributed by atoms with Crippen molar-refractivity contribution in [3.05, 3.63) is 25.3 Å². The first-order valence-corrected chi connectivity index (χ1v) is 5.55. The molecule has 0 N–H and O–H groups in total. The van der Waals surface area contributed by atoms with Crippen LogP contribution in [0.15, 0.2) is 25.3 Å². The molecule has 0 aromatic rings. The van der Waals surface area contributed by atoms with Gasteiger partial charge < -0.3 is 18.9 Å². The molecule has 2 aliphatic rings. The van der Waals surface area contributed by atoms with Gasteiger partial charge >= 0.3 is 0 Å². The number of ether oxygens (including phenoxy) is 4. The van der Waals surface area contributed by atoms with Crippen molar-refractivity contribution >= 4 is 0 Å². The zero-order chi connectivity index (χ0) is 11.4. The van der Waals surface area contributed by atoms with Crippen LogP contribution in [0.1, 0.15) is 0 Å². The van der Waals surface area contributed by atoms with Crippen LogP contribution in [-0.2, 0) is 18.9 Å². The van der Waals surface area contributed by atoms with E-state index >= 15 is 0 Å². The summed E-state index contributed by atoms with van der Waals surface area (Å²) in [4.78, 5) is 0. The summed E-state index contributed by atoms with van der Waals surface area (Å²) in [7, 11) is 0. The zero-order valence-corrected chi connectivity index (χ0v) is 9.34. The molecule has 90 valence electrons. The van der Waals surface area contributed by atoms with E-state index < -0.39 is 0 Å². The van der Waals surface area contributed by atoms with Gasteiger partial charge in [-0.1, -0.05) is 12.2 Å². The monoisotopic (exact) mass is 226 g/mol. The van der Waals surface area contributed by atoms with E-state index in [1.165, 1.54) is 0 Å². The highest BCUT2D eigenvalue weighted by Crippen LogP contribution is 2.30. The van der Waals surface area contributed by atoms with Crippen molar-refractivity contribution in [1.82, 2.24) is 0 Å². The molecular formula is C12H18O4. The third-order valence-electron chi connectivity index (χ3n) is 2.82. The van der Waals surface area contributed by atoms with Gasteiger partial charge in [0.15, 0.2) is 0 Å². The van der Waals surface area contributed by atoms with Gasteiger partial charge in [0.1, 0.15) is 24.4 Å². The van der Waals surface area contributed by atoms with E-state index in [0.717, 1.165) is 0 Å². The SMILES string of the molecule is C=CCO[C@H]1CO[C@H]2[C@H]1OC[C@@H]2OCC=C. The van der Waals surface area contributed by atoms with Crippen molar-refractivity contribution in [2.45, 2.75) is 24.4 Å². The quantitative estimate of drug-likeness (QED) is 0.631. The lowest BCUT2D eigenvalue weighted by atomic mass is 10.1. The fourth-order valence-electron chi connectivity index (χ4n) is 2.10. The van der Waals surface area contributed by atoms with Gasteiger partial charge in [-0.2, -0.15) is 0 Å². The Kier molecular flexibility index (Phi) is 4.12. The van der Waals surface area contributed by atoms with Gasteiger partial charge in [-0.05, 0) is 0 Å². The van der Waals surface area contributed by atoms with Crippen LogP contribution in [0, 0.1) is 0 Å². The van der Waals surface area contributed by atoms with Crippen LogP contribution < -0.4 is 0 Å². The lowest BCUT2D eigenvalue weighted by molar-refractivity contribution is -0.0402. The second kappa shape index (κ2) is 5.59. The van der Waals surface area contributed by atoms with Gasteiger partial charge in [-0.25, -0.2) is 0 Å². The summed E-state index contributed by atoms with van der Waals surface area (Å²) in [6.07, 6.45) is 3.45. The molecule has 4 nitrogen and oxygen atoms in total. The molecule has 0 aliphatic carbocycles. The lowest BCUT2D eigenvalue weighted by Crippen LogP contribution is -2.34. The molecule has 16 heavy (non-hydrogen) atoms. The summed E-state index contributed by atoms with van der Waals surface area (Å²) < 4.78 is 22.5. The summed E-state index contributed by atoms with van der Waals surface area (Å²) in [5.41, 5.74) is 0. The lowest BCUT2D eigenvalue weighted by Gasteiger charge is -2.16. The Bertz CT molecular complexity index is 227. The molecule has 0 amide bonds. The van der Waals surface area contributed by atoms with E-state index in [1.54, 1.807) is 12.2 Å². The fourth-order valence-corrected chi connectivity index (χ4v) is 2.10. The van der Waals surface area contributed by atoms with E-state index in [4.69, 9.17) is 18.9 Å². The first kappa shape index (κ1) is 11.8.